The number of nitrogens with zero attached hydrogens (tertiary/aromatic N) is 2. The molecule has 0 aliphatic heterocycles. The second-order valence-corrected chi connectivity index (χ2v) is 4.32. The van der Waals surface area contributed by atoms with Crippen molar-refractivity contribution in [3.63, 3.8) is 0 Å². The lowest BCUT2D eigenvalue weighted by molar-refractivity contribution is 0.530. The molecule has 1 heterocycles. The van der Waals surface area contributed by atoms with Crippen molar-refractivity contribution in [1.29, 1.82) is 0 Å². The van der Waals surface area contributed by atoms with Gasteiger partial charge in [0.1, 0.15) is 5.82 Å². The van der Waals surface area contributed by atoms with Crippen LogP contribution in [0.2, 0.25) is 0 Å². The third-order valence-electron chi connectivity index (χ3n) is 1.56. The highest BCUT2D eigenvalue weighted by Gasteiger charge is 2.11. The Balaban J connectivity index is 2.55. The molecule has 2 rings (SSSR count). The number of halogens is 3. The van der Waals surface area contributed by atoms with Crippen LogP contribution in [-0.2, 0) is 0 Å². The SMILES string of the molecule is Fc1ccc(Br)cc1-c1nnc(I)o1. The van der Waals surface area contributed by atoms with Crippen molar-refractivity contribution in [3.05, 3.63) is 32.4 Å². The minimum Gasteiger partial charge on any atom is -0.412 e. The summed E-state index contributed by atoms with van der Waals surface area (Å²) >= 11 is 5.12. The lowest BCUT2D eigenvalue weighted by atomic mass is 10.2. The van der Waals surface area contributed by atoms with Gasteiger partial charge < -0.3 is 4.42 Å². The molecule has 6 heteroatoms. The molecule has 2 aromatic rings. The Morgan fingerprint density at radius 1 is 1.36 bits per heavy atom. The molecular weight excluding hydrogens is 366 g/mol. The highest BCUT2D eigenvalue weighted by Crippen LogP contribution is 2.25. The van der Waals surface area contributed by atoms with E-state index in [9.17, 15) is 4.39 Å². The second-order valence-electron chi connectivity index (χ2n) is 2.48. The van der Waals surface area contributed by atoms with Gasteiger partial charge in [-0.1, -0.05) is 15.9 Å². The summed E-state index contributed by atoms with van der Waals surface area (Å²) in [6, 6.07) is 4.55. The molecule has 0 fully saturated rings. The van der Waals surface area contributed by atoms with E-state index in [-0.39, 0.29) is 11.7 Å². The van der Waals surface area contributed by atoms with E-state index in [1.165, 1.54) is 6.07 Å². The van der Waals surface area contributed by atoms with Gasteiger partial charge in [-0.05, 0) is 18.2 Å². The zero-order valence-corrected chi connectivity index (χ0v) is 10.4. The largest absolute Gasteiger partial charge is 0.412 e. The second kappa shape index (κ2) is 3.93. The first-order valence-electron chi connectivity index (χ1n) is 3.61. The van der Waals surface area contributed by atoms with E-state index >= 15 is 0 Å². The summed E-state index contributed by atoms with van der Waals surface area (Å²) in [6.07, 6.45) is 0. The van der Waals surface area contributed by atoms with Gasteiger partial charge >= 0.3 is 0 Å². The van der Waals surface area contributed by atoms with E-state index in [0.29, 0.717) is 9.46 Å². The quantitative estimate of drug-likeness (QED) is 0.725. The zero-order chi connectivity index (χ0) is 10.1. The minimum atomic E-state index is -0.381. The topological polar surface area (TPSA) is 38.9 Å². The van der Waals surface area contributed by atoms with Crippen molar-refractivity contribution in [1.82, 2.24) is 10.2 Å². The number of benzene rings is 1. The molecule has 0 aliphatic rings. The predicted molar refractivity (Wildman–Crippen MR) is 60.1 cm³/mol. The van der Waals surface area contributed by atoms with Crippen LogP contribution in [0, 0.1) is 9.71 Å². The fourth-order valence-electron chi connectivity index (χ4n) is 0.976. The average molecular weight is 369 g/mol. The highest BCUT2D eigenvalue weighted by molar-refractivity contribution is 14.1. The van der Waals surface area contributed by atoms with Crippen LogP contribution in [0.4, 0.5) is 4.39 Å². The molecule has 1 aromatic carbocycles. The van der Waals surface area contributed by atoms with Crippen molar-refractivity contribution >= 4 is 38.5 Å². The van der Waals surface area contributed by atoms with Gasteiger partial charge in [0.05, 0.1) is 5.56 Å². The van der Waals surface area contributed by atoms with Crippen molar-refractivity contribution in [2.45, 2.75) is 0 Å². The fourth-order valence-corrected chi connectivity index (χ4v) is 1.65. The molecule has 0 saturated carbocycles. The van der Waals surface area contributed by atoms with Crippen LogP contribution in [0.15, 0.2) is 27.1 Å². The molecule has 72 valence electrons. The van der Waals surface area contributed by atoms with E-state index in [4.69, 9.17) is 4.42 Å². The maximum Gasteiger partial charge on any atom is 0.278 e. The molecule has 0 N–H and O–H groups in total. The summed E-state index contributed by atoms with van der Waals surface area (Å²) in [5, 5.41) is 7.35. The predicted octanol–water partition coefficient (Wildman–Crippen LogP) is 3.24. The van der Waals surface area contributed by atoms with Crippen molar-refractivity contribution in [2.75, 3.05) is 0 Å². The molecule has 0 spiro atoms. The summed E-state index contributed by atoms with van der Waals surface area (Å²) < 4.78 is 19.6. The number of aromatic nitrogens is 2. The normalized spacial score (nSPS) is 10.5. The van der Waals surface area contributed by atoms with Crippen molar-refractivity contribution in [2.24, 2.45) is 0 Å². The Bertz CT molecular complexity index is 474. The van der Waals surface area contributed by atoms with Crippen LogP contribution in [-0.4, -0.2) is 10.2 Å². The van der Waals surface area contributed by atoms with E-state index in [1.54, 1.807) is 12.1 Å². The lowest BCUT2D eigenvalue weighted by Gasteiger charge is -1.97. The third kappa shape index (κ3) is 1.95. The molecule has 0 amide bonds. The Labute approximate surface area is 101 Å². The Morgan fingerprint density at radius 2 is 2.14 bits per heavy atom. The molecule has 0 radical (unpaired) electrons. The van der Waals surface area contributed by atoms with Crippen LogP contribution >= 0.6 is 38.5 Å². The zero-order valence-electron chi connectivity index (χ0n) is 6.67. The van der Waals surface area contributed by atoms with Gasteiger partial charge in [0.25, 0.3) is 9.79 Å². The van der Waals surface area contributed by atoms with Gasteiger partial charge in [-0.15, -0.1) is 10.2 Å². The Morgan fingerprint density at radius 3 is 2.79 bits per heavy atom. The van der Waals surface area contributed by atoms with Crippen LogP contribution in [0.3, 0.4) is 0 Å². The van der Waals surface area contributed by atoms with Crippen LogP contribution in [0.5, 0.6) is 0 Å². The van der Waals surface area contributed by atoms with Crippen molar-refractivity contribution in [3.8, 4) is 11.5 Å². The molecule has 3 nitrogen and oxygen atoms in total. The average Bonchev–Trinajstić information content (AvgIpc) is 2.56. The van der Waals surface area contributed by atoms with E-state index in [2.05, 4.69) is 26.1 Å². The number of hydrogen-bond donors (Lipinski definition) is 0. The van der Waals surface area contributed by atoms with Gasteiger partial charge in [-0.2, -0.15) is 0 Å². The summed E-state index contributed by atoms with van der Waals surface area (Å²) in [4.78, 5) is 0. The molecule has 0 unspecified atom stereocenters. The molecule has 0 saturated heterocycles. The Kier molecular flexibility index (Phi) is 2.82. The Hall–Kier alpha value is -0.500. The molecular formula is C8H3BrFIN2O. The smallest absolute Gasteiger partial charge is 0.278 e. The molecule has 1 aromatic heterocycles. The molecule has 0 aliphatic carbocycles. The lowest BCUT2D eigenvalue weighted by Crippen LogP contribution is -1.84. The first-order valence-corrected chi connectivity index (χ1v) is 5.48. The van der Waals surface area contributed by atoms with Gasteiger partial charge in [0.15, 0.2) is 0 Å². The van der Waals surface area contributed by atoms with Crippen molar-refractivity contribution < 1.29 is 8.81 Å². The summed E-state index contributed by atoms with van der Waals surface area (Å²) in [5.74, 6) is -0.193. The van der Waals surface area contributed by atoms with Gasteiger partial charge in [-0.25, -0.2) is 4.39 Å². The standard InChI is InChI=1S/C8H3BrFIN2O/c9-4-1-2-6(10)5(3-4)7-12-13-8(11)14-7/h1-3H. The minimum absolute atomic E-state index is 0.188. The summed E-state index contributed by atoms with van der Waals surface area (Å²) in [7, 11) is 0. The number of rotatable bonds is 1. The highest BCUT2D eigenvalue weighted by atomic mass is 127. The molecule has 0 atom stereocenters. The van der Waals surface area contributed by atoms with Crippen LogP contribution in [0.1, 0.15) is 0 Å². The van der Waals surface area contributed by atoms with Gasteiger partial charge in [0.2, 0.25) is 0 Å². The summed E-state index contributed by atoms with van der Waals surface area (Å²) in [5.41, 5.74) is 0.301. The molecule has 0 bridgehead atoms. The maximum atomic E-state index is 13.3. The van der Waals surface area contributed by atoms with Gasteiger partial charge in [-0.3, -0.25) is 0 Å². The third-order valence-corrected chi connectivity index (χ3v) is 2.49. The van der Waals surface area contributed by atoms with Crippen LogP contribution < -0.4 is 0 Å². The first kappa shape index (κ1) is 10.0. The fraction of sp³-hybridized carbons (Fsp3) is 0. The van der Waals surface area contributed by atoms with E-state index in [1.807, 2.05) is 22.6 Å². The maximum absolute atomic E-state index is 13.3. The number of hydrogen-bond acceptors (Lipinski definition) is 3. The first-order chi connectivity index (χ1) is 6.66. The van der Waals surface area contributed by atoms with Gasteiger partial charge in [0, 0.05) is 27.1 Å². The van der Waals surface area contributed by atoms with Crippen LogP contribution in [0.25, 0.3) is 11.5 Å². The van der Waals surface area contributed by atoms with E-state index in [0.717, 1.165) is 4.47 Å². The van der Waals surface area contributed by atoms with E-state index < -0.39 is 0 Å². The summed E-state index contributed by atoms with van der Waals surface area (Å²) in [6.45, 7) is 0. The molecule has 14 heavy (non-hydrogen) atoms. The monoisotopic (exact) mass is 368 g/mol.